The van der Waals surface area contributed by atoms with Gasteiger partial charge in [0.1, 0.15) is 0 Å². The molecule has 6 heteroatoms. The molecule has 0 spiro atoms. The van der Waals surface area contributed by atoms with E-state index >= 15 is 0 Å². The molecule has 2 aromatic rings. The van der Waals surface area contributed by atoms with Gasteiger partial charge in [0, 0.05) is 16.4 Å². The number of rotatable bonds is 4. The Labute approximate surface area is 126 Å². The molecule has 0 amide bonds. The summed E-state index contributed by atoms with van der Waals surface area (Å²) in [7, 11) is 0. The summed E-state index contributed by atoms with van der Waals surface area (Å²) in [5.74, 6) is 0.00135. The molecule has 0 aliphatic rings. The first kappa shape index (κ1) is 13.7. The fraction of sp³-hybridized carbons (Fsp3) is 0.167. The molecule has 2 aromatic heterocycles. The Morgan fingerprint density at radius 3 is 2.94 bits per heavy atom. The van der Waals surface area contributed by atoms with Gasteiger partial charge >= 0.3 is 0 Å². The molecule has 0 N–H and O–H groups in total. The zero-order valence-corrected chi connectivity index (χ0v) is 13.5. The Kier molecular flexibility index (Phi) is 4.53. The zero-order chi connectivity index (χ0) is 13.1. The van der Waals surface area contributed by atoms with Crippen molar-refractivity contribution in [2.45, 2.75) is 13.5 Å². The quantitative estimate of drug-likeness (QED) is 0.574. The highest BCUT2D eigenvalue weighted by molar-refractivity contribution is 9.10. The molecule has 2 heterocycles. The maximum atomic E-state index is 11.9. The fourth-order valence-corrected chi connectivity index (χ4v) is 3.24. The summed E-state index contributed by atoms with van der Waals surface area (Å²) >= 11 is 8.18. The number of thiophene rings is 1. The van der Waals surface area contributed by atoms with E-state index in [-0.39, 0.29) is 5.78 Å². The van der Waals surface area contributed by atoms with Crippen molar-refractivity contribution in [2.24, 2.45) is 0 Å². The third kappa shape index (κ3) is 2.99. The summed E-state index contributed by atoms with van der Waals surface area (Å²) in [5.41, 5.74) is 0.904. The van der Waals surface area contributed by atoms with E-state index in [9.17, 15) is 4.79 Å². The minimum atomic E-state index is 0.00135. The van der Waals surface area contributed by atoms with Crippen LogP contribution in [0.3, 0.4) is 0 Å². The van der Waals surface area contributed by atoms with Crippen LogP contribution in [0.2, 0.25) is 0 Å². The van der Waals surface area contributed by atoms with Gasteiger partial charge in [0.05, 0.1) is 21.2 Å². The number of nitrogens with zero attached hydrogens (tertiary/aromatic N) is 2. The molecule has 0 saturated heterocycles. The summed E-state index contributed by atoms with van der Waals surface area (Å²) in [6, 6.07) is 1.82. The van der Waals surface area contributed by atoms with Crippen LogP contribution in [0.15, 0.2) is 32.7 Å². The van der Waals surface area contributed by atoms with E-state index in [4.69, 9.17) is 0 Å². The van der Waals surface area contributed by atoms with Crippen molar-refractivity contribution in [3.63, 3.8) is 0 Å². The van der Waals surface area contributed by atoms with Crippen molar-refractivity contribution in [1.29, 1.82) is 0 Å². The van der Waals surface area contributed by atoms with Crippen LogP contribution in [0, 0.1) is 0 Å². The van der Waals surface area contributed by atoms with Crippen LogP contribution in [-0.2, 0) is 6.54 Å². The first-order chi connectivity index (χ1) is 8.61. The molecule has 2 rings (SSSR count). The lowest BCUT2D eigenvalue weighted by Gasteiger charge is -1.99. The maximum Gasteiger partial charge on any atom is 0.195 e. The van der Waals surface area contributed by atoms with Crippen LogP contribution >= 0.6 is 43.2 Å². The number of ketones is 1. The van der Waals surface area contributed by atoms with Crippen molar-refractivity contribution < 1.29 is 4.79 Å². The summed E-state index contributed by atoms with van der Waals surface area (Å²) < 4.78 is 3.66. The maximum absolute atomic E-state index is 11.9. The van der Waals surface area contributed by atoms with Gasteiger partial charge in [0.2, 0.25) is 0 Å². The average Bonchev–Trinajstić information content (AvgIpc) is 2.93. The van der Waals surface area contributed by atoms with Crippen LogP contribution in [0.1, 0.15) is 22.3 Å². The van der Waals surface area contributed by atoms with Gasteiger partial charge in [-0.3, -0.25) is 9.48 Å². The first-order valence-corrected chi connectivity index (χ1v) is 7.76. The van der Waals surface area contributed by atoms with Gasteiger partial charge in [0.15, 0.2) is 5.78 Å². The van der Waals surface area contributed by atoms with Gasteiger partial charge in [-0.2, -0.15) is 5.10 Å². The standard InChI is InChI=1S/C12H10Br2N2OS/c1-2-16-10(9(14)6-15-16)3-4-11(17)12-5-8(13)7-18-12/h3-7H,2H2,1H3/b4-3+. The second-order valence-corrected chi connectivity index (χ2v) is 6.20. The first-order valence-electron chi connectivity index (χ1n) is 5.29. The number of allylic oxidation sites excluding steroid dienone is 1. The van der Waals surface area contributed by atoms with Crippen molar-refractivity contribution in [3.8, 4) is 0 Å². The number of aryl methyl sites for hydroxylation is 1. The van der Waals surface area contributed by atoms with E-state index in [0.717, 1.165) is 26.1 Å². The molecular formula is C12H10Br2N2OS. The SMILES string of the molecule is CCn1ncc(Br)c1/C=C/C(=O)c1cc(Br)cs1. The van der Waals surface area contributed by atoms with Crippen molar-refractivity contribution in [1.82, 2.24) is 9.78 Å². The molecule has 3 nitrogen and oxygen atoms in total. The molecule has 0 saturated carbocycles. The molecule has 94 valence electrons. The van der Waals surface area contributed by atoms with Gasteiger partial charge in [0.25, 0.3) is 0 Å². The molecule has 0 bridgehead atoms. The molecule has 0 radical (unpaired) electrons. The Balaban J connectivity index is 2.20. The van der Waals surface area contributed by atoms with E-state index in [1.54, 1.807) is 18.3 Å². The fourth-order valence-electron chi connectivity index (χ4n) is 1.47. The lowest BCUT2D eigenvalue weighted by Crippen LogP contribution is -1.99. The second-order valence-electron chi connectivity index (χ2n) is 3.52. The predicted octanol–water partition coefficient (Wildman–Crippen LogP) is 4.39. The molecule has 0 aliphatic heterocycles. The molecule has 0 aliphatic carbocycles. The smallest absolute Gasteiger partial charge is 0.195 e. The molecule has 0 atom stereocenters. The molecular weight excluding hydrogens is 380 g/mol. The third-order valence-corrected chi connectivity index (χ3v) is 4.65. The number of carbonyl (C=O) groups excluding carboxylic acids is 1. The minimum absolute atomic E-state index is 0.00135. The van der Waals surface area contributed by atoms with Gasteiger partial charge in [-0.25, -0.2) is 0 Å². The van der Waals surface area contributed by atoms with Crippen molar-refractivity contribution >= 4 is 55.1 Å². The molecule has 0 unspecified atom stereocenters. The van der Waals surface area contributed by atoms with Crippen LogP contribution in [0.4, 0.5) is 0 Å². The summed E-state index contributed by atoms with van der Waals surface area (Å²) in [6.45, 7) is 2.78. The van der Waals surface area contributed by atoms with E-state index < -0.39 is 0 Å². The monoisotopic (exact) mass is 388 g/mol. The van der Waals surface area contributed by atoms with Gasteiger partial charge < -0.3 is 0 Å². The van der Waals surface area contributed by atoms with Crippen LogP contribution in [-0.4, -0.2) is 15.6 Å². The number of hydrogen-bond donors (Lipinski definition) is 0. The highest BCUT2D eigenvalue weighted by atomic mass is 79.9. The Bertz CT molecular complexity index is 601. The topological polar surface area (TPSA) is 34.9 Å². The van der Waals surface area contributed by atoms with Crippen molar-refractivity contribution in [2.75, 3.05) is 0 Å². The average molecular weight is 390 g/mol. The van der Waals surface area contributed by atoms with E-state index in [0.29, 0.717) is 0 Å². The number of carbonyl (C=O) groups is 1. The normalized spacial score (nSPS) is 11.3. The van der Waals surface area contributed by atoms with Crippen LogP contribution in [0.25, 0.3) is 6.08 Å². The van der Waals surface area contributed by atoms with E-state index in [2.05, 4.69) is 37.0 Å². The predicted molar refractivity (Wildman–Crippen MR) is 81.0 cm³/mol. The lowest BCUT2D eigenvalue weighted by molar-refractivity contribution is 0.105. The summed E-state index contributed by atoms with van der Waals surface area (Å²) in [6.07, 6.45) is 5.10. The second kappa shape index (κ2) is 5.95. The highest BCUT2D eigenvalue weighted by Gasteiger charge is 2.07. The summed E-state index contributed by atoms with van der Waals surface area (Å²) in [5, 5.41) is 6.09. The highest BCUT2D eigenvalue weighted by Crippen LogP contribution is 2.22. The molecule has 18 heavy (non-hydrogen) atoms. The third-order valence-electron chi connectivity index (χ3n) is 2.34. The summed E-state index contributed by atoms with van der Waals surface area (Å²) in [4.78, 5) is 12.6. The zero-order valence-electron chi connectivity index (χ0n) is 9.56. The Morgan fingerprint density at radius 2 is 2.33 bits per heavy atom. The Hall–Kier alpha value is -0.720. The van der Waals surface area contributed by atoms with Crippen LogP contribution < -0.4 is 0 Å². The lowest BCUT2D eigenvalue weighted by atomic mass is 10.2. The molecule has 0 aromatic carbocycles. The van der Waals surface area contributed by atoms with Gasteiger partial charge in [-0.15, -0.1) is 11.3 Å². The minimum Gasteiger partial charge on any atom is -0.288 e. The Morgan fingerprint density at radius 1 is 1.56 bits per heavy atom. The number of aromatic nitrogens is 2. The molecule has 0 fully saturated rings. The van der Waals surface area contributed by atoms with E-state index in [1.807, 2.05) is 23.1 Å². The van der Waals surface area contributed by atoms with Gasteiger partial charge in [-0.1, -0.05) is 0 Å². The van der Waals surface area contributed by atoms with Crippen LogP contribution in [0.5, 0.6) is 0 Å². The number of hydrogen-bond acceptors (Lipinski definition) is 3. The van der Waals surface area contributed by atoms with E-state index in [1.165, 1.54) is 11.3 Å². The van der Waals surface area contributed by atoms with Crippen molar-refractivity contribution in [3.05, 3.63) is 43.2 Å². The largest absolute Gasteiger partial charge is 0.288 e. The van der Waals surface area contributed by atoms with Gasteiger partial charge in [-0.05, 0) is 57.0 Å². The number of halogens is 2.